The highest BCUT2D eigenvalue weighted by Crippen LogP contribution is 2.31. The summed E-state index contributed by atoms with van der Waals surface area (Å²) >= 11 is 5.89. The van der Waals surface area contributed by atoms with Crippen LogP contribution in [0.15, 0.2) is 48.5 Å². The number of halogens is 1. The van der Waals surface area contributed by atoms with E-state index >= 15 is 0 Å². The molecule has 0 aliphatic heterocycles. The molecule has 1 unspecified atom stereocenters. The van der Waals surface area contributed by atoms with E-state index in [-0.39, 0.29) is 0 Å². The monoisotopic (exact) mass is 289 g/mol. The zero-order valence-corrected chi connectivity index (χ0v) is 12.7. The highest BCUT2D eigenvalue weighted by atomic mass is 35.5. The number of hydrogen-bond donors (Lipinski definition) is 1. The molecule has 0 amide bonds. The molecule has 2 aromatic rings. The standard InChI is InChI=1S/C17H20ClNO/c1-3-16(19-4-2)15-7-5-6-8-17(15)20-14-11-9-13(18)10-12-14/h5-12,16,19H,3-4H2,1-2H3. The van der Waals surface area contributed by atoms with Crippen LogP contribution in [0.2, 0.25) is 5.02 Å². The summed E-state index contributed by atoms with van der Waals surface area (Å²) in [6.07, 6.45) is 1.02. The fraction of sp³-hybridized carbons (Fsp3) is 0.294. The molecule has 0 bridgehead atoms. The second kappa shape index (κ2) is 7.32. The van der Waals surface area contributed by atoms with Crippen LogP contribution in [0.25, 0.3) is 0 Å². The molecular weight excluding hydrogens is 270 g/mol. The molecule has 0 aliphatic carbocycles. The highest BCUT2D eigenvalue weighted by Gasteiger charge is 2.13. The van der Waals surface area contributed by atoms with Crippen molar-refractivity contribution in [2.24, 2.45) is 0 Å². The predicted octanol–water partition coefficient (Wildman–Crippen LogP) is 5.19. The Morgan fingerprint density at radius 3 is 2.40 bits per heavy atom. The Bertz CT molecular complexity index is 539. The van der Waals surface area contributed by atoms with Crippen molar-refractivity contribution < 1.29 is 4.74 Å². The van der Waals surface area contributed by atoms with E-state index in [2.05, 4.69) is 25.2 Å². The molecule has 0 radical (unpaired) electrons. The fourth-order valence-electron chi connectivity index (χ4n) is 2.21. The molecule has 0 aliphatic rings. The minimum atomic E-state index is 0.309. The van der Waals surface area contributed by atoms with Gasteiger partial charge < -0.3 is 10.1 Å². The van der Waals surface area contributed by atoms with Crippen molar-refractivity contribution in [1.82, 2.24) is 5.32 Å². The van der Waals surface area contributed by atoms with Gasteiger partial charge in [-0.3, -0.25) is 0 Å². The van der Waals surface area contributed by atoms with Crippen molar-refractivity contribution in [3.63, 3.8) is 0 Å². The third-order valence-corrected chi connectivity index (χ3v) is 3.45. The molecule has 0 aromatic heterocycles. The van der Waals surface area contributed by atoms with E-state index in [1.807, 2.05) is 42.5 Å². The van der Waals surface area contributed by atoms with E-state index < -0.39 is 0 Å². The Morgan fingerprint density at radius 2 is 1.75 bits per heavy atom. The summed E-state index contributed by atoms with van der Waals surface area (Å²) in [5.74, 6) is 1.69. The van der Waals surface area contributed by atoms with Crippen molar-refractivity contribution in [3.8, 4) is 11.5 Å². The number of rotatable bonds is 6. The molecule has 106 valence electrons. The molecule has 0 saturated heterocycles. The quantitative estimate of drug-likeness (QED) is 0.790. The topological polar surface area (TPSA) is 21.3 Å². The van der Waals surface area contributed by atoms with Gasteiger partial charge in [0.2, 0.25) is 0 Å². The van der Waals surface area contributed by atoms with Crippen LogP contribution in [0.4, 0.5) is 0 Å². The van der Waals surface area contributed by atoms with E-state index in [0.29, 0.717) is 11.1 Å². The first kappa shape index (κ1) is 14.9. The summed E-state index contributed by atoms with van der Waals surface area (Å²) in [6, 6.07) is 15.9. The zero-order chi connectivity index (χ0) is 14.4. The third kappa shape index (κ3) is 3.75. The van der Waals surface area contributed by atoms with Crippen molar-refractivity contribution in [2.75, 3.05) is 6.54 Å². The first-order chi connectivity index (χ1) is 9.74. The minimum Gasteiger partial charge on any atom is -0.457 e. The molecule has 0 saturated carbocycles. The van der Waals surface area contributed by atoms with Gasteiger partial charge in [0.15, 0.2) is 0 Å². The summed E-state index contributed by atoms with van der Waals surface area (Å²) in [7, 11) is 0. The smallest absolute Gasteiger partial charge is 0.132 e. The molecule has 2 rings (SSSR count). The van der Waals surface area contributed by atoms with Crippen molar-refractivity contribution >= 4 is 11.6 Å². The molecule has 2 nitrogen and oxygen atoms in total. The van der Waals surface area contributed by atoms with Crippen LogP contribution in [-0.2, 0) is 0 Å². The number of para-hydroxylation sites is 1. The summed E-state index contributed by atoms with van der Waals surface area (Å²) in [4.78, 5) is 0. The molecule has 1 N–H and O–H groups in total. The van der Waals surface area contributed by atoms with Gasteiger partial charge in [0, 0.05) is 16.6 Å². The van der Waals surface area contributed by atoms with Gasteiger partial charge in [0.1, 0.15) is 11.5 Å². The van der Waals surface area contributed by atoms with Gasteiger partial charge >= 0.3 is 0 Å². The maximum absolute atomic E-state index is 5.99. The molecule has 3 heteroatoms. The van der Waals surface area contributed by atoms with Crippen LogP contribution >= 0.6 is 11.6 Å². The van der Waals surface area contributed by atoms with Crippen LogP contribution in [0, 0.1) is 0 Å². The number of hydrogen-bond acceptors (Lipinski definition) is 2. The van der Waals surface area contributed by atoms with E-state index in [9.17, 15) is 0 Å². The molecule has 20 heavy (non-hydrogen) atoms. The van der Waals surface area contributed by atoms with Crippen LogP contribution < -0.4 is 10.1 Å². The van der Waals surface area contributed by atoms with Gasteiger partial charge in [0.05, 0.1) is 0 Å². The van der Waals surface area contributed by atoms with Crippen molar-refractivity contribution in [2.45, 2.75) is 26.3 Å². The van der Waals surface area contributed by atoms with E-state index in [4.69, 9.17) is 16.3 Å². The van der Waals surface area contributed by atoms with E-state index in [1.54, 1.807) is 0 Å². The molecular formula is C17H20ClNO. The first-order valence-electron chi connectivity index (χ1n) is 7.00. The highest BCUT2D eigenvalue weighted by molar-refractivity contribution is 6.30. The Hall–Kier alpha value is -1.51. The van der Waals surface area contributed by atoms with Crippen molar-refractivity contribution in [1.29, 1.82) is 0 Å². The SMILES string of the molecule is CCNC(CC)c1ccccc1Oc1ccc(Cl)cc1. The van der Waals surface area contributed by atoms with E-state index in [0.717, 1.165) is 24.5 Å². The Morgan fingerprint density at radius 1 is 1.05 bits per heavy atom. The van der Waals surface area contributed by atoms with Crippen LogP contribution in [0.5, 0.6) is 11.5 Å². The van der Waals surface area contributed by atoms with Gasteiger partial charge in [-0.15, -0.1) is 0 Å². The average Bonchev–Trinajstić information content (AvgIpc) is 2.48. The zero-order valence-electron chi connectivity index (χ0n) is 11.9. The lowest BCUT2D eigenvalue weighted by Crippen LogP contribution is -2.20. The Labute approximate surface area is 125 Å². The van der Waals surface area contributed by atoms with Gasteiger partial charge in [-0.05, 0) is 43.3 Å². The van der Waals surface area contributed by atoms with E-state index in [1.165, 1.54) is 5.56 Å². The Kier molecular flexibility index (Phi) is 5.45. The maximum Gasteiger partial charge on any atom is 0.132 e. The fourth-order valence-corrected chi connectivity index (χ4v) is 2.34. The number of ether oxygens (including phenoxy) is 1. The van der Waals surface area contributed by atoms with Gasteiger partial charge in [-0.2, -0.15) is 0 Å². The van der Waals surface area contributed by atoms with Gasteiger partial charge in [-0.1, -0.05) is 43.6 Å². The molecule has 0 spiro atoms. The third-order valence-electron chi connectivity index (χ3n) is 3.19. The van der Waals surface area contributed by atoms with Crippen LogP contribution in [0.3, 0.4) is 0 Å². The average molecular weight is 290 g/mol. The first-order valence-corrected chi connectivity index (χ1v) is 7.38. The molecule has 0 fully saturated rings. The summed E-state index contributed by atoms with van der Waals surface area (Å²) in [6.45, 7) is 5.23. The van der Waals surface area contributed by atoms with Crippen molar-refractivity contribution in [3.05, 3.63) is 59.1 Å². The molecule has 0 heterocycles. The lowest BCUT2D eigenvalue weighted by molar-refractivity contribution is 0.453. The lowest BCUT2D eigenvalue weighted by atomic mass is 10.0. The lowest BCUT2D eigenvalue weighted by Gasteiger charge is -2.20. The minimum absolute atomic E-state index is 0.309. The van der Waals surface area contributed by atoms with Gasteiger partial charge in [-0.25, -0.2) is 0 Å². The molecule has 2 aromatic carbocycles. The number of benzene rings is 2. The maximum atomic E-state index is 5.99. The molecule has 1 atom stereocenters. The summed E-state index contributed by atoms with van der Waals surface area (Å²) < 4.78 is 5.99. The Balaban J connectivity index is 2.25. The normalized spacial score (nSPS) is 12.2. The predicted molar refractivity (Wildman–Crippen MR) is 84.7 cm³/mol. The van der Waals surface area contributed by atoms with Gasteiger partial charge in [0.25, 0.3) is 0 Å². The second-order valence-corrected chi connectivity index (χ2v) is 5.05. The number of nitrogens with one attached hydrogen (secondary N) is 1. The van der Waals surface area contributed by atoms with Crippen LogP contribution in [-0.4, -0.2) is 6.54 Å². The van der Waals surface area contributed by atoms with Crippen LogP contribution in [0.1, 0.15) is 31.9 Å². The summed E-state index contributed by atoms with van der Waals surface area (Å²) in [5, 5.41) is 4.20. The largest absolute Gasteiger partial charge is 0.457 e. The second-order valence-electron chi connectivity index (χ2n) is 4.61. The summed E-state index contributed by atoms with van der Waals surface area (Å²) in [5.41, 5.74) is 1.19.